The summed E-state index contributed by atoms with van der Waals surface area (Å²) in [5.41, 5.74) is 2.99. The Bertz CT molecular complexity index is 115. The third-order valence-electron chi connectivity index (χ3n) is 0.593. The first-order valence-corrected chi connectivity index (χ1v) is 10.8. The van der Waals surface area contributed by atoms with Crippen LogP contribution in [0.3, 0.4) is 0 Å². The Morgan fingerprint density at radius 2 is 2.00 bits per heavy atom. The Morgan fingerprint density at radius 1 is 1.50 bits per heavy atom. The molecule has 0 N–H and O–H groups in total. The molecule has 0 atom stereocenters. The molecule has 0 aliphatic rings. The van der Waals surface area contributed by atoms with Crippen LogP contribution in [0, 0.1) is 0 Å². The van der Waals surface area contributed by atoms with E-state index in [1.165, 1.54) is 0 Å². The molecule has 0 aromatic carbocycles. The van der Waals surface area contributed by atoms with Crippen molar-refractivity contribution in [3.05, 3.63) is 16.7 Å². The third kappa shape index (κ3) is 6.35. The van der Waals surface area contributed by atoms with Crippen molar-refractivity contribution < 1.29 is 0 Å². The number of hydrogen-bond acceptors (Lipinski definition) is 0. The topological polar surface area (TPSA) is 0 Å². The average molecular weight is 191 g/mol. The second-order valence-corrected chi connectivity index (χ2v) is 14.4. The van der Waals surface area contributed by atoms with Crippen molar-refractivity contribution in [3.63, 3.8) is 0 Å². The number of halogens is 1. The zero-order valence-electron chi connectivity index (χ0n) is 5.53. The number of hydrogen-bond donors (Lipinski definition) is 0. The average Bonchev–Trinajstić information content (AvgIpc) is 1.59. The van der Waals surface area contributed by atoms with Gasteiger partial charge in [0.05, 0.1) is 0 Å². The van der Waals surface area contributed by atoms with E-state index in [0.29, 0.717) is 0 Å². The van der Waals surface area contributed by atoms with Crippen molar-refractivity contribution in [1.29, 1.82) is 0 Å². The molecule has 0 saturated carbocycles. The van der Waals surface area contributed by atoms with Gasteiger partial charge in [0, 0.05) is 0 Å². The van der Waals surface area contributed by atoms with Crippen LogP contribution >= 0.6 is 10.0 Å². The molecule has 8 heavy (non-hydrogen) atoms. The van der Waals surface area contributed by atoms with Crippen LogP contribution in [0.25, 0.3) is 0 Å². The molecule has 0 saturated heterocycles. The number of rotatable bonds is 1. The quantitative estimate of drug-likeness (QED) is 0.441. The summed E-state index contributed by atoms with van der Waals surface area (Å²) in [6.45, 7) is 1.95. The summed E-state index contributed by atoms with van der Waals surface area (Å²) in [5, 5.41) is 0. The second-order valence-electron chi connectivity index (χ2n) is 2.16. The molecule has 0 rings (SSSR count). The molecule has 0 radical (unpaired) electrons. The van der Waals surface area contributed by atoms with Crippen molar-refractivity contribution in [3.8, 4) is 0 Å². The molecule has 0 aromatic rings. The van der Waals surface area contributed by atoms with Gasteiger partial charge >= 0.3 is 57.5 Å². The van der Waals surface area contributed by atoms with E-state index in [1.807, 2.05) is 17.9 Å². The molecule has 0 bridgehead atoms. The molecule has 0 fully saturated rings. The van der Waals surface area contributed by atoms with Gasteiger partial charge in [0.1, 0.15) is 0 Å². The van der Waals surface area contributed by atoms with Gasteiger partial charge in [-0.15, -0.1) is 0 Å². The molecule has 2 heteroatoms. The van der Waals surface area contributed by atoms with Gasteiger partial charge in [0.15, 0.2) is 0 Å². The minimum absolute atomic E-state index is 1.88. The van der Waals surface area contributed by atoms with E-state index < -0.39 is 12.3 Å². The van der Waals surface area contributed by atoms with Crippen molar-refractivity contribution in [1.82, 2.24) is 0 Å². The fourth-order valence-electron chi connectivity index (χ4n) is 0.281. The van der Waals surface area contributed by atoms with Gasteiger partial charge in [-0.05, 0) is 0 Å². The molecule has 46 valence electrons. The van der Waals surface area contributed by atoms with Crippen LogP contribution in [-0.4, -0.2) is 12.3 Å². The van der Waals surface area contributed by atoms with Gasteiger partial charge in [-0.3, -0.25) is 0 Å². The monoisotopic (exact) mass is 192 g/mol. The summed E-state index contributed by atoms with van der Waals surface area (Å²) < 4.78 is 0. The minimum atomic E-state index is -1.90. The van der Waals surface area contributed by atoms with Crippen LogP contribution < -0.4 is 0 Å². The van der Waals surface area contributed by atoms with E-state index in [4.69, 9.17) is 10.0 Å². The second kappa shape index (κ2) is 3.39. The predicted molar refractivity (Wildman–Crippen MR) is 41.7 cm³/mol. The summed E-state index contributed by atoms with van der Waals surface area (Å²) in [5.74, 6) is 4.22. The molecule has 0 unspecified atom stereocenters. The molecule has 0 nitrogen and oxygen atoms in total. The van der Waals surface area contributed by atoms with Crippen LogP contribution in [0.4, 0.5) is 0 Å². The maximum atomic E-state index is 5.96. The van der Waals surface area contributed by atoms with E-state index in [2.05, 4.69) is 17.2 Å². The Balaban J connectivity index is 3.89. The van der Waals surface area contributed by atoms with Crippen molar-refractivity contribution in [2.75, 3.05) is 0 Å². The molecule has 0 amide bonds. The summed E-state index contributed by atoms with van der Waals surface area (Å²) in [7, 11) is 5.96. The van der Waals surface area contributed by atoms with Gasteiger partial charge in [0.25, 0.3) is 0 Å². The fourth-order valence-corrected chi connectivity index (χ4v) is 1.79. The SMILES string of the molecule is CC=C=[CH][Ge]([CH3])([CH3])[Cl]. The van der Waals surface area contributed by atoms with Crippen molar-refractivity contribution in [2.45, 2.75) is 18.4 Å². The van der Waals surface area contributed by atoms with Crippen LogP contribution in [-0.2, 0) is 0 Å². The normalized spacial score (nSPS) is 10.0. The maximum absolute atomic E-state index is 5.96. The molecule has 0 aliphatic carbocycles. The Hall–Kier alpha value is 0.353. The van der Waals surface area contributed by atoms with Crippen LogP contribution in [0.5, 0.6) is 0 Å². The number of allylic oxidation sites excluding steroid dienone is 1. The first kappa shape index (κ1) is 8.35. The predicted octanol–water partition coefficient (Wildman–Crippen LogP) is 2.70. The molecule has 0 heterocycles. The summed E-state index contributed by atoms with van der Waals surface area (Å²) in [4.78, 5) is 2.02. The van der Waals surface area contributed by atoms with Crippen molar-refractivity contribution in [2.24, 2.45) is 0 Å². The van der Waals surface area contributed by atoms with Gasteiger partial charge in [-0.1, -0.05) is 0 Å². The molecule has 0 aromatic heterocycles. The summed E-state index contributed by atoms with van der Waals surface area (Å²) in [6.07, 6.45) is 1.88. The molecule has 0 aliphatic heterocycles. The van der Waals surface area contributed by atoms with Gasteiger partial charge in [0.2, 0.25) is 0 Å². The van der Waals surface area contributed by atoms with Gasteiger partial charge < -0.3 is 0 Å². The Labute approximate surface area is 57.8 Å². The van der Waals surface area contributed by atoms with Crippen LogP contribution in [0.1, 0.15) is 6.92 Å². The Kier molecular flexibility index (Phi) is 3.54. The first-order valence-electron chi connectivity index (χ1n) is 2.63. The molecular weight excluding hydrogens is 180 g/mol. The van der Waals surface area contributed by atoms with E-state index in [0.717, 1.165) is 0 Å². The third-order valence-corrected chi connectivity index (χ3v) is 2.95. The van der Waals surface area contributed by atoms with E-state index in [1.54, 1.807) is 0 Å². The zero-order chi connectivity index (χ0) is 6.62. The van der Waals surface area contributed by atoms with E-state index >= 15 is 0 Å². The van der Waals surface area contributed by atoms with Crippen molar-refractivity contribution >= 4 is 22.3 Å². The zero-order valence-corrected chi connectivity index (χ0v) is 8.39. The van der Waals surface area contributed by atoms with Crippen LogP contribution in [0.2, 0.25) is 11.5 Å². The molecular formula is C6H11ClGe. The molecule has 0 spiro atoms. The standard InChI is InChI=1S/C6H11ClGe/c1-4-5-6-8(2,3)7/h4,6H,1-3H3. The summed E-state index contributed by atoms with van der Waals surface area (Å²) in [6, 6.07) is 0. The summed E-state index contributed by atoms with van der Waals surface area (Å²) >= 11 is -1.90. The van der Waals surface area contributed by atoms with E-state index in [9.17, 15) is 0 Å². The van der Waals surface area contributed by atoms with Gasteiger partial charge in [-0.2, -0.15) is 0 Å². The fraction of sp³-hybridized carbons (Fsp3) is 0.500. The Morgan fingerprint density at radius 3 is 2.12 bits per heavy atom. The van der Waals surface area contributed by atoms with E-state index in [-0.39, 0.29) is 0 Å². The van der Waals surface area contributed by atoms with Gasteiger partial charge in [-0.25, -0.2) is 0 Å². The van der Waals surface area contributed by atoms with Crippen LogP contribution in [0.15, 0.2) is 16.7 Å². The first-order chi connectivity index (χ1) is 3.56.